The van der Waals surface area contributed by atoms with Gasteiger partial charge in [-0.2, -0.15) is 0 Å². The highest BCUT2D eigenvalue weighted by Gasteiger charge is 2.12. The zero-order valence-electron chi connectivity index (χ0n) is 18.8. The van der Waals surface area contributed by atoms with Gasteiger partial charge < -0.3 is 14.8 Å². The Morgan fingerprint density at radius 1 is 1.24 bits per heavy atom. The van der Waals surface area contributed by atoms with Crippen molar-refractivity contribution in [2.75, 3.05) is 26.4 Å². The summed E-state index contributed by atoms with van der Waals surface area (Å²) in [6.45, 7) is 12.1. The smallest absolute Gasteiger partial charge is 0.193 e. The highest BCUT2D eigenvalue weighted by Crippen LogP contribution is 2.16. The molecule has 0 spiro atoms. The van der Waals surface area contributed by atoms with Crippen LogP contribution in [0.3, 0.4) is 0 Å². The molecule has 6 nitrogen and oxygen atoms in total. The maximum Gasteiger partial charge on any atom is 0.193 e. The Kier molecular flexibility index (Phi) is 9.51. The van der Waals surface area contributed by atoms with E-state index in [0.717, 1.165) is 56.0 Å². The molecule has 0 aliphatic carbocycles. The second kappa shape index (κ2) is 11.9. The first-order valence-electron chi connectivity index (χ1n) is 10.5. The van der Waals surface area contributed by atoms with Gasteiger partial charge in [-0.3, -0.25) is 4.99 Å². The van der Waals surface area contributed by atoms with Crippen molar-refractivity contribution in [2.45, 2.75) is 58.8 Å². The van der Waals surface area contributed by atoms with Gasteiger partial charge in [0.15, 0.2) is 11.1 Å². The molecule has 0 unspecified atom stereocenters. The molecule has 0 saturated heterocycles. The number of thioether (sulfide) groups is 1. The summed E-state index contributed by atoms with van der Waals surface area (Å²) in [5.74, 6) is 2.59. The number of guanidine groups is 1. The molecule has 1 N–H and O–H groups in total. The zero-order chi connectivity index (χ0) is 21.2. The fourth-order valence-electron chi connectivity index (χ4n) is 3.14. The zero-order valence-corrected chi connectivity index (χ0v) is 19.6. The van der Waals surface area contributed by atoms with Crippen molar-refractivity contribution < 1.29 is 0 Å². The van der Waals surface area contributed by atoms with Gasteiger partial charge in [-0.1, -0.05) is 55.4 Å². The number of hydrogen-bond acceptors (Lipinski definition) is 4. The molecule has 0 amide bonds. The van der Waals surface area contributed by atoms with Gasteiger partial charge in [0, 0.05) is 39.6 Å². The molecular formula is C22H36N6S. The quantitative estimate of drug-likeness (QED) is 0.275. The third-order valence-electron chi connectivity index (χ3n) is 4.58. The minimum atomic E-state index is 0.574. The Morgan fingerprint density at radius 3 is 2.59 bits per heavy atom. The van der Waals surface area contributed by atoms with Gasteiger partial charge in [-0.05, 0) is 38.0 Å². The van der Waals surface area contributed by atoms with Crippen molar-refractivity contribution in [1.29, 1.82) is 0 Å². The van der Waals surface area contributed by atoms with E-state index in [1.807, 2.05) is 0 Å². The summed E-state index contributed by atoms with van der Waals surface area (Å²) in [7, 11) is 2.09. The number of hydrogen-bond donors (Lipinski definition) is 1. The molecule has 1 heterocycles. The monoisotopic (exact) mass is 416 g/mol. The van der Waals surface area contributed by atoms with Crippen LogP contribution in [0.25, 0.3) is 0 Å². The molecule has 0 aliphatic heterocycles. The standard InChI is InChI=1S/C22H36N6S/c1-7-23-21(27(5)16-19-12-10-18(4)11-13-19)24-14-8-9-20-25-26-22(29-6)28(20)15-17(2)3/h10-13,17H,7-9,14-16H2,1-6H3,(H,23,24). The predicted octanol–water partition coefficient (Wildman–Crippen LogP) is 3.99. The lowest BCUT2D eigenvalue weighted by Crippen LogP contribution is -2.38. The molecule has 0 radical (unpaired) electrons. The summed E-state index contributed by atoms with van der Waals surface area (Å²) in [6, 6.07) is 8.67. The summed E-state index contributed by atoms with van der Waals surface area (Å²) >= 11 is 1.66. The number of rotatable bonds is 10. The Hall–Kier alpha value is -2.02. The van der Waals surface area contributed by atoms with Crippen molar-refractivity contribution in [3.63, 3.8) is 0 Å². The molecule has 29 heavy (non-hydrogen) atoms. The molecule has 0 saturated carbocycles. The first kappa shape index (κ1) is 23.3. The van der Waals surface area contributed by atoms with E-state index in [-0.39, 0.29) is 0 Å². The van der Waals surface area contributed by atoms with E-state index in [1.54, 1.807) is 11.8 Å². The average Bonchev–Trinajstić information content (AvgIpc) is 3.07. The third-order valence-corrected chi connectivity index (χ3v) is 5.25. The van der Waals surface area contributed by atoms with Crippen LogP contribution in [0, 0.1) is 12.8 Å². The summed E-state index contributed by atoms with van der Waals surface area (Å²) in [5, 5.41) is 13.1. The molecule has 0 fully saturated rings. The van der Waals surface area contributed by atoms with Crippen LogP contribution in [-0.2, 0) is 19.5 Å². The number of aliphatic imine (C=N–C) groups is 1. The molecule has 160 valence electrons. The highest BCUT2D eigenvalue weighted by molar-refractivity contribution is 7.98. The van der Waals surface area contributed by atoms with E-state index in [4.69, 9.17) is 4.99 Å². The molecule has 1 aromatic carbocycles. The van der Waals surface area contributed by atoms with Crippen molar-refractivity contribution in [3.05, 3.63) is 41.2 Å². The molecule has 1 aromatic heterocycles. The van der Waals surface area contributed by atoms with Crippen LogP contribution in [-0.4, -0.2) is 52.0 Å². The van der Waals surface area contributed by atoms with Crippen LogP contribution in [0.1, 0.15) is 44.1 Å². The van der Waals surface area contributed by atoms with Crippen molar-refractivity contribution in [3.8, 4) is 0 Å². The molecule has 0 atom stereocenters. The number of aryl methyl sites for hydroxylation is 2. The van der Waals surface area contributed by atoms with E-state index in [0.29, 0.717) is 5.92 Å². The minimum Gasteiger partial charge on any atom is -0.357 e. The van der Waals surface area contributed by atoms with Gasteiger partial charge in [0.2, 0.25) is 0 Å². The first-order valence-corrected chi connectivity index (χ1v) is 11.7. The van der Waals surface area contributed by atoms with Gasteiger partial charge in [0.1, 0.15) is 5.82 Å². The highest BCUT2D eigenvalue weighted by atomic mass is 32.2. The van der Waals surface area contributed by atoms with Crippen LogP contribution in [0.15, 0.2) is 34.4 Å². The van der Waals surface area contributed by atoms with Crippen LogP contribution in [0.5, 0.6) is 0 Å². The third kappa shape index (κ3) is 7.38. The number of nitrogens with zero attached hydrogens (tertiary/aromatic N) is 5. The van der Waals surface area contributed by atoms with Crippen LogP contribution in [0.4, 0.5) is 0 Å². The van der Waals surface area contributed by atoms with Crippen molar-refractivity contribution >= 4 is 17.7 Å². The summed E-state index contributed by atoms with van der Waals surface area (Å²) in [6.07, 6.45) is 3.91. The van der Waals surface area contributed by atoms with Gasteiger partial charge in [-0.25, -0.2) is 0 Å². The van der Waals surface area contributed by atoms with E-state index in [2.05, 4.69) is 90.2 Å². The van der Waals surface area contributed by atoms with E-state index < -0.39 is 0 Å². The van der Waals surface area contributed by atoms with Crippen molar-refractivity contribution in [2.24, 2.45) is 10.9 Å². The Morgan fingerprint density at radius 2 is 1.97 bits per heavy atom. The second-order valence-corrected chi connectivity index (χ2v) is 8.56. The predicted molar refractivity (Wildman–Crippen MR) is 124 cm³/mol. The normalized spacial score (nSPS) is 11.9. The molecule has 2 rings (SSSR count). The van der Waals surface area contributed by atoms with E-state index in [1.165, 1.54) is 11.1 Å². The fraction of sp³-hybridized carbons (Fsp3) is 0.591. The molecule has 0 bridgehead atoms. The first-order chi connectivity index (χ1) is 13.9. The Bertz CT molecular complexity index is 766. The summed E-state index contributed by atoms with van der Waals surface area (Å²) < 4.78 is 2.26. The topological polar surface area (TPSA) is 58.3 Å². The van der Waals surface area contributed by atoms with Gasteiger partial charge in [0.05, 0.1) is 0 Å². The summed E-state index contributed by atoms with van der Waals surface area (Å²) in [4.78, 5) is 7.01. The van der Waals surface area contributed by atoms with Gasteiger partial charge in [-0.15, -0.1) is 10.2 Å². The maximum atomic E-state index is 4.83. The largest absolute Gasteiger partial charge is 0.357 e. The number of nitrogens with one attached hydrogen (secondary N) is 1. The average molecular weight is 417 g/mol. The number of aromatic nitrogens is 3. The summed E-state index contributed by atoms with van der Waals surface area (Å²) in [5.41, 5.74) is 2.57. The molecule has 2 aromatic rings. The lowest BCUT2D eigenvalue weighted by molar-refractivity contribution is 0.472. The fourth-order valence-corrected chi connectivity index (χ4v) is 3.66. The number of benzene rings is 1. The molecule has 7 heteroatoms. The van der Waals surface area contributed by atoms with Crippen LogP contribution >= 0.6 is 11.8 Å². The molecule has 0 aliphatic rings. The lowest BCUT2D eigenvalue weighted by Gasteiger charge is -2.22. The maximum absolute atomic E-state index is 4.83. The van der Waals surface area contributed by atoms with Gasteiger partial charge in [0.25, 0.3) is 0 Å². The van der Waals surface area contributed by atoms with Crippen LogP contribution < -0.4 is 5.32 Å². The Labute approximate surface area is 180 Å². The van der Waals surface area contributed by atoms with Crippen molar-refractivity contribution in [1.82, 2.24) is 25.0 Å². The lowest BCUT2D eigenvalue weighted by atomic mass is 10.1. The van der Waals surface area contributed by atoms with Crippen LogP contribution in [0.2, 0.25) is 0 Å². The van der Waals surface area contributed by atoms with E-state index in [9.17, 15) is 0 Å². The SMILES string of the molecule is CCNC(=NCCCc1nnc(SC)n1CC(C)C)N(C)Cc1ccc(C)cc1. The van der Waals surface area contributed by atoms with Gasteiger partial charge >= 0.3 is 0 Å². The molecular weight excluding hydrogens is 380 g/mol. The Balaban J connectivity index is 1.95. The minimum absolute atomic E-state index is 0.574. The second-order valence-electron chi connectivity index (χ2n) is 7.79. The van der Waals surface area contributed by atoms with E-state index >= 15 is 0 Å².